The van der Waals surface area contributed by atoms with Crippen molar-refractivity contribution < 1.29 is 14.6 Å². The summed E-state index contributed by atoms with van der Waals surface area (Å²) in [6.45, 7) is 0. The molecule has 0 amide bonds. The standard InChI is InChI=1S/C15H12N2O3/c1-20-10-2-3-13-11(7-10)12(8-17-13)14-6-9(15(18)19)4-5-16-14/h2-8,17H,1H3,(H,18,19). The van der Waals surface area contributed by atoms with Gasteiger partial charge in [-0.1, -0.05) is 0 Å². The molecule has 0 atom stereocenters. The maximum Gasteiger partial charge on any atom is 0.335 e. The Balaban J connectivity index is 2.18. The van der Waals surface area contributed by atoms with E-state index in [9.17, 15) is 4.79 Å². The lowest BCUT2D eigenvalue weighted by Gasteiger charge is -2.02. The van der Waals surface area contributed by atoms with Crippen LogP contribution in [-0.2, 0) is 0 Å². The van der Waals surface area contributed by atoms with Crippen molar-refractivity contribution in [3.63, 3.8) is 0 Å². The van der Waals surface area contributed by atoms with Gasteiger partial charge in [0.15, 0.2) is 0 Å². The highest BCUT2D eigenvalue weighted by Gasteiger charge is 2.11. The zero-order valence-corrected chi connectivity index (χ0v) is 10.8. The Bertz CT molecular complexity index is 793. The quantitative estimate of drug-likeness (QED) is 0.765. The minimum absolute atomic E-state index is 0.215. The smallest absolute Gasteiger partial charge is 0.335 e. The van der Waals surface area contributed by atoms with Crippen molar-refractivity contribution in [2.75, 3.05) is 7.11 Å². The molecule has 0 bridgehead atoms. The number of pyridine rings is 1. The lowest BCUT2D eigenvalue weighted by molar-refractivity contribution is 0.0697. The summed E-state index contributed by atoms with van der Waals surface area (Å²) in [4.78, 5) is 18.4. The minimum atomic E-state index is -0.967. The number of fused-ring (bicyclic) bond motifs is 1. The van der Waals surface area contributed by atoms with Crippen molar-refractivity contribution >= 4 is 16.9 Å². The van der Waals surface area contributed by atoms with Crippen LogP contribution in [0.2, 0.25) is 0 Å². The van der Waals surface area contributed by atoms with Gasteiger partial charge in [0.1, 0.15) is 5.75 Å². The lowest BCUT2D eigenvalue weighted by atomic mass is 10.1. The van der Waals surface area contributed by atoms with Gasteiger partial charge in [0.25, 0.3) is 0 Å². The van der Waals surface area contributed by atoms with Crippen LogP contribution in [0, 0.1) is 0 Å². The lowest BCUT2D eigenvalue weighted by Crippen LogP contribution is -1.97. The van der Waals surface area contributed by atoms with E-state index in [1.807, 2.05) is 24.4 Å². The molecule has 3 aromatic rings. The molecule has 5 nitrogen and oxygen atoms in total. The van der Waals surface area contributed by atoms with Crippen LogP contribution in [0.4, 0.5) is 0 Å². The van der Waals surface area contributed by atoms with Crippen molar-refractivity contribution in [1.82, 2.24) is 9.97 Å². The number of nitrogens with zero attached hydrogens (tertiary/aromatic N) is 1. The van der Waals surface area contributed by atoms with E-state index in [-0.39, 0.29) is 5.56 Å². The van der Waals surface area contributed by atoms with Crippen LogP contribution in [0.5, 0.6) is 5.75 Å². The number of aromatic nitrogens is 2. The molecule has 2 heterocycles. The molecule has 0 saturated heterocycles. The van der Waals surface area contributed by atoms with Crippen molar-refractivity contribution in [3.8, 4) is 17.0 Å². The molecule has 0 aliphatic carbocycles. The van der Waals surface area contributed by atoms with Crippen LogP contribution in [0.25, 0.3) is 22.2 Å². The first-order valence-electron chi connectivity index (χ1n) is 6.04. The van der Waals surface area contributed by atoms with Gasteiger partial charge in [-0.05, 0) is 30.3 Å². The van der Waals surface area contributed by atoms with E-state index in [0.29, 0.717) is 5.69 Å². The summed E-state index contributed by atoms with van der Waals surface area (Å²) in [5, 5.41) is 9.99. The molecule has 0 aliphatic rings. The number of carbonyl (C=O) groups is 1. The zero-order valence-electron chi connectivity index (χ0n) is 10.8. The van der Waals surface area contributed by atoms with Crippen LogP contribution in [-0.4, -0.2) is 28.2 Å². The Labute approximate surface area is 114 Å². The van der Waals surface area contributed by atoms with Gasteiger partial charge in [-0.3, -0.25) is 4.98 Å². The van der Waals surface area contributed by atoms with Crippen molar-refractivity contribution in [1.29, 1.82) is 0 Å². The molecule has 0 spiro atoms. The first-order valence-corrected chi connectivity index (χ1v) is 6.04. The molecule has 3 rings (SSSR count). The van der Waals surface area contributed by atoms with Gasteiger partial charge in [0.05, 0.1) is 18.4 Å². The zero-order chi connectivity index (χ0) is 14.1. The van der Waals surface area contributed by atoms with Gasteiger partial charge >= 0.3 is 5.97 Å². The van der Waals surface area contributed by atoms with Gasteiger partial charge in [0.2, 0.25) is 0 Å². The fourth-order valence-corrected chi connectivity index (χ4v) is 2.15. The monoisotopic (exact) mass is 268 g/mol. The SMILES string of the molecule is COc1ccc2[nH]cc(-c3cc(C(=O)O)ccn3)c2c1. The maximum absolute atomic E-state index is 11.0. The topological polar surface area (TPSA) is 75.2 Å². The highest BCUT2D eigenvalue weighted by atomic mass is 16.5. The molecule has 2 aromatic heterocycles. The highest BCUT2D eigenvalue weighted by Crippen LogP contribution is 2.30. The molecule has 0 aliphatic heterocycles. The van der Waals surface area contributed by atoms with Gasteiger partial charge < -0.3 is 14.8 Å². The van der Waals surface area contributed by atoms with E-state index in [0.717, 1.165) is 22.2 Å². The third kappa shape index (κ3) is 1.99. The van der Waals surface area contributed by atoms with Crippen LogP contribution in [0.1, 0.15) is 10.4 Å². The Morgan fingerprint density at radius 1 is 1.30 bits per heavy atom. The van der Waals surface area contributed by atoms with Gasteiger partial charge in [-0.15, -0.1) is 0 Å². The number of rotatable bonds is 3. The molecule has 1 aromatic carbocycles. The molecule has 20 heavy (non-hydrogen) atoms. The molecule has 0 unspecified atom stereocenters. The summed E-state index contributed by atoms with van der Waals surface area (Å²) >= 11 is 0. The number of aromatic amines is 1. The number of nitrogens with one attached hydrogen (secondary N) is 1. The number of H-pyrrole nitrogens is 1. The third-order valence-electron chi connectivity index (χ3n) is 3.17. The number of methoxy groups -OCH3 is 1. The highest BCUT2D eigenvalue weighted by molar-refractivity contribution is 5.97. The van der Waals surface area contributed by atoms with E-state index in [2.05, 4.69) is 9.97 Å². The van der Waals surface area contributed by atoms with E-state index < -0.39 is 5.97 Å². The summed E-state index contributed by atoms with van der Waals surface area (Å²) in [5.74, 6) is -0.223. The second-order valence-corrected chi connectivity index (χ2v) is 4.35. The minimum Gasteiger partial charge on any atom is -0.497 e. The predicted octanol–water partition coefficient (Wildman–Crippen LogP) is 2.94. The summed E-state index contributed by atoms with van der Waals surface area (Å²) in [6, 6.07) is 8.71. The summed E-state index contributed by atoms with van der Waals surface area (Å²) in [7, 11) is 1.61. The molecular formula is C15H12N2O3. The van der Waals surface area contributed by atoms with Crippen LogP contribution >= 0.6 is 0 Å². The molecule has 0 radical (unpaired) electrons. The fraction of sp³-hybridized carbons (Fsp3) is 0.0667. The van der Waals surface area contributed by atoms with Gasteiger partial charge in [-0.25, -0.2) is 4.79 Å². The normalized spacial score (nSPS) is 10.7. The summed E-state index contributed by atoms with van der Waals surface area (Å²) in [5.41, 5.74) is 2.63. The molecule has 0 fully saturated rings. The van der Waals surface area contributed by atoms with Gasteiger partial charge in [0, 0.05) is 28.9 Å². The number of carboxylic acids is 1. The van der Waals surface area contributed by atoms with Crippen molar-refractivity contribution in [2.24, 2.45) is 0 Å². The number of carboxylic acid groups (broad SMARTS) is 1. The summed E-state index contributed by atoms with van der Waals surface area (Å²) in [6.07, 6.45) is 3.32. The Hall–Kier alpha value is -2.82. The van der Waals surface area contributed by atoms with Crippen LogP contribution in [0.15, 0.2) is 42.7 Å². The second kappa shape index (κ2) is 4.70. The number of aromatic carboxylic acids is 1. The van der Waals surface area contributed by atoms with Crippen molar-refractivity contribution in [2.45, 2.75) is 0 Å². The van der Waals surface area contributed by atoms with E-state index in [1.165, 1.54) is 12.3 Å². The fourth-order valence-electron chi connectivity index (χ4n) is 2.15. The predicted molar refractivity (Wildman–Crippen MR) is 75.0 cm³/mol. The molecular weight excluding hydrogens is 256 g/mol. The molecule has 5 heteroatoms. The Morgan fingerprint density at radius 3 is 2.90 bits per heavy atom. The molecule has 100 valence electrons. The maximum atomic E-state index is 11.0. The van der Waals surface area contributed by atoms with E-state index in [4.69, 9.17) is 9.84 Å². The third-order valence-corrected chi connectivity index (χ3v) is 3.17. The van der Waals surface area contributed by atoms with Crippen molar-refractivity contribution in [3.05, 3.63) is 48.3 Å². The van der Waals surface area contributed by atoms with Crippen LogP contribution < -0.4 is 4.74 Å². The van der Waals surface area contributed by atoms with Crippen LogP contribution in [0.3, 0.4) is 0 Å². The van der Waals surface area contributed by atoms with E-state index >= 15 is 0 Å². The number of hydrogen-bond acceptors (Lipinski definition) is 3. The average molecular weight is 268 g/mol. The largest absolute Gasteiger partial charge is 0.497 e. The second-order valence-electron chi connectivity index (χ2n) is 4.35. The number of hydrogen-bond donors (Lipinski definition) is 2. The number of ether oxygens (including phenoxy) is 1. The summed E-state index contributed by atoms with van der Waals surface area (Å²) < 4.78 is 5.22. The average Bonchev–Trinajstić information content (AvgIpc) is 2.90. The first-order chi connectivity index (χ1) is 9.69. The van der Waals surface area contributed by atoms with E-state index in [1.54, 1.807) is 13.2 Å². The van der Waals surface area contributed by atoms with Gasteiger partial charge in [-0.2, -0.15) is 0 Å². The Kier molecular flexibility index (Phi) is 2.87. The number of benzene rings is 1. The first kappa shape index (κ1) is 12.2. The Morgan fingerprint density at radius 2 is 2.15 bits per heavy atom. The molecule has 0 saturated carbocycles. The molecule has 2 N–H and O–H groups in total.